The van der Waals surface area contributed by atoms with Gasteiger partial charge in [0.1, 0.15) is 23.3 Å². The molecule has 3 rings (SSSR count). The zero-order valence-electron chi connectivity index (χ0n) is 15.3. The lowest BCUT2D eigenvalue weighted by Crippen LogP contribution is -2.30. The van der Waals surface area contributed by atoms with Gasteiger partial charge in [-0.2, -0.15) is 0 Å². The fourth-order valence-corrected chi connectivity index (χ4v) is 2.74. The van der Waals surface area contributed by atoms with Crippen molar-refractivity contribution in [1.29, 1.82) is 0 Å². The normalized spacial score (nSPS) is 12.2. The second kappa shape index (κ2) is 7.47. The fourth-order valence-electron chi connectivity index (χ4n) is 2.74. The van der Waals surface area contributed by atoms with Gasteiger partial charge in [-0.3, -0.25) is 4.79 Å². The van der Waals surface area contributed by atoms with Gasteiger partial charge in [0.25, 0.3) is 5.91 Å². The van der Waals surface area contributed by atoms with E-state index in [1.54, 1.807) is 26.4 Å². The summed E-state index contributed by atoms with van der Waals surface area (Å²) in [4.78, 5) is 17.2. The molecular formula is C20H22N2O4. The van der Waals surface area contributed by atoms with Crippen LogP contribution in [-0.2, 0) is 0 Å². The molecule has 1 aromatic carbocycles. The van der Waals surface area contributed by atoms with Crippen molar-refractivity contribution in [3.8, 4) is 5.75 Å². The van der Waals surface area contributed by atoms with Gasteiger partial charge in [0.05, 0.1) is 13.4 Å². The van der Waals surface area contributed by atoms with E-state index in [0.717, 1.165) is 5.56 Å². The molecular weight excluding hydrogens is 332 g/mol. The highest BCUT2D eigenvalue weighted by Crippen LogP contribution is 2.30. The van der Waals surface area contributed by atoms with E-state index < -0.39 is 6.04 Å². The minimum atomic E-state index is -0.507. The van der Waals surface area contributed by atoms with E-state index in [0.29, 0.717) is 23.2 Å². The summed E-state index contributed by atoms with van der Waals surface area (Å²) in [6, 6.07) is 10.6. The Balaban J connectivity index is 1.95. The van der Waals surface area contributed by atoms with Gasteiger partial charge in [-0.25, -0.2) is 4.98 Å². The van der Waals surface area contributed by atoms with Crippen molar-refractivity contribution < 1.29 is 18.4 Å². The SMILES string of the molecule is COc1ccccc1C(NC(=O)c1nc(C(C)C)oc1C)c1ccco1. The summed E-state index contributed by atoms with van der Waals surface area (Å²) in [5.41, 5.74) is 1.07. The molecule has 0 aliphatic heterocycles. The predicted molar refractivity (Wildman–Crippen MR) is 96.3 cm³/mol. The summed E-state index contributed by atoms with van der Waals surface area (Å²) in [5, 5.41) is 2.98. The molecule has 0 saturated heterocycles. The third-order valence-electron chi connectivity index (χ3n) is 4.08. The molecule has 0 radical (unpaired) electrons. The number of benzene rings is 1. The first kappa shape index (κ1) is 17.8. The lowest BCUT2D eigenvalue weighted by atomic mass is 10.0. The third-order valence-corrected chi connectivity index (χ3v) is 4.08. The maximum Gasteiger partial charge on any atom is 0.274 e. The Labute approximate surface area is 152 Å². The zero-order chi connectivity index (χ0) is 18.7. The predicted octanol–water partition coefficient (Wildman–Crippen LogP) is 4.23. The molecule has 136 valence electrons. The van der Waals surface area contributed by atoms with E-state index in [4.69, 9.17) is 13.6 Å². The number of carbonyl (C=O) groups excluding carboxylic acids is 1. The smallest absolute Gasteiger partial charge is 0.274 e. The van der Waals surface area contributed by atoms with Crippen LogP contribution < -0.4 is 10.1 Å². The first-order valence-electron chi connectivity index (χ1n) is 8.45. The number of methoxy groups -OCH3 is 1. The van der Waals surface area contributed by atoms with Crippen molar-refractivity contribution in [2.75, 3.05) is 7.11 Å². The van der Waals surface area contributed by atoms with Gasteiger partial charge in [0, 0.05) is 11.5 Å². The van der Waals surface area contributed by atoms with Crippen LogP contribution in [0.25, 0.3) is 0 Å². The van der Waals surface area contributed by atoms with Crippen molar-refractivity contribution in [1.82, 2.24) is 10.3 Å². The highest BCUT2D eigenvalue weighted by Gasteiger charge is 2.26. The minimum Gasteiger partial charge on any atom is -0.496 e. The van der Waals surface area contributed by atoms with E-state index >= 15 is 0 Å². The number of aryl methyl sites for hydroxylation is 1. The van der Waals surface area contributed by atoms with Crippen LogP contribution in [0.15, 0.2) is 51.5 Å². The van der Waals surface area contributed by atoms with Gasteiger partial charge in [-0.05, 0) is 25.1 Å². The number of furan rings is 1. The number of ether oxygens (including phenoxy) is 1. The number of oxazole rings is 1. The molecule has 1 amide bonds. The standard InChI is InChI=1S/C20H22N2O4/c1-12(2)20-22-17(13(3)26-20)19(23)21-18(16-10-7-11-25-16)14-8-5-6-9-15(14)24-4/h5-12,18H,1-4H3,(H,21,23). The van der Waals surface area contributed by atoms with Crippen LogP contribution in [0, 0.1) is 6.92 Å². The Kier molecular flexibility index (Phi) is 5.11. The van der Waals surface area contributed by atoms with Crippen LogP contribution in [0.5, 0.6) is 5.75 Å². The Hall–Kier alpha value is -3.02. The largest absolute Gasteiger partial charge is 0.496 e. The molecule has 0 saturated carbocycles. The van der Waals surface area contributed by atoms with Crippen molar-refractivity contribution in [2.24, 2.45) is 0 Å². The monoisotopic (exact) mass is 354 g/mol. The Morgan fingerprint density at radius 1 is 1.19 bits per heavy atom. The first-order valence-corrected chi connectivity index (χ1v) is 8.45. The van der Waals surface area contributed by atoms with Gasteiger partial charge in [-0.15, -0.1) is 0 Å². The molecule has 1 unspecified atom stereocenters. The molecule has 6 heteroatoms. The number of amides is 1. The number of para-hydroxylation sites is 1. The van der Waals surface area contributed by atoms with Gasteiger partial charge in [0.15, 0.2) is 11.6 Å². The molecule has 26 heavy (non-hydrogen) atoms. The topological polar surface area (TPSA) is 77.5 Å². The summed E-state index contributed by atoms with van der Waals surface area (Å²) in [7, 11) is 1.59. The van der Waals surface area contributed by atoms with Gasteiger partial charge < -0.3 is 18.9 Å². The van der Waals surface area contributed by atoms with Gasteiger partial charge >= 0.3 is 0 Å². The molecule has 0 bridgehead atoms. The van der Waals surface area contributed by atoms with E-state index in [1.165, 1.54) is 0 Å². The van der Waals surface area contributed by atoms with E-state index in [2.05, 4.69) is 10.3 Å². The van der Waals surface area contributed by atoms with Crippen LogP contribution in [0.3, 0.4) is 0 Å². The summed E-state index contributed by atoms with van der Waals surface area (Å²) in [5.74, 6) is 2.07. The first-order chi connectivity index (χ1) is 12.5. The highest BCUT2D eigenvalue weighted by molar-refractivity contribution is 5.93. The fraction of sp³-hybridized carbons (Fsp3) is 0.300. The summed E-state index contributed by atoms with van der Waals surface area (Å²) < 4.78 is 16.6. The molecule has 0 aliphatic carbocycles. The van der Waals surface area contributed by atoms with Crippen LogP contribution in [0.2, 0.25) is 0 Å². The minimum absolute atomic E-state index is 0.102. The van der Waals surface area contributed by atoms with Crippen LogP contribution in [-0.4, -0.2) is 18.0 Å². The van der Waals surface area contributed by atoms with Gasteiger partial charge in [0.2, 0.25) is 0 Å². The van der Waals surface area contributed by atoms with Crippen molar-refractivity contribution in [3.05, 3.63) is 71.3 Å². The highest BCUT2D eigenvalue weighted by atomic mass is 16.5. The summed E-state index contributed by atoms with van der Waals surface area (Å²) >= 11 is 0. The van der Waals surface area contributed by atoms with Crippen LogP contribution in [0.1, 0.15) is 59.3 Å². The molecule has 3 aromatic rings. The Bertz CT molecular complexity index is 881. The molecule has 1 atom stereocenters. The maximum atomic E-state index is 12.9. The second-order valence-electron chi connectivity index (χ2n) is 6.28. The molecule has 2 heterocycles. The van der Waals surface area contributed by atoms with Crippen molar-refractivity contribution >= 4 is 5.91 Å². The number of rotatable bonds is 6. The average molecular weight is 354 g/mol. The molecule has 0 aliphatic rings. The quantitative estimate of drug-likeness (QED) is 0.717. The lowest BCUT2D eigenvalue weighted by Gasteiger charge is -2.19. The number of hydrogen-bond donors (Lipinski definition) is 1. The second-order valence-corrected chi connectivity index (χ2v) is 6.28. The Morgan fingerprint density at radius 3 is 2.58 bits per heavy atom. The van der Waals surface area contributed by atoms with Crippen LogP contribution >= 0.6 is 0 Å². The number of nitrogens with zero attached hydrogens (tertiary/aromatic N) is 1. The van der Waals surface area contributed by atoms with Crippen LogP contribution in [0.4, 0.5) is 0 Å². The third kappa shape index (κ3) is 3.49. The lowest BCUT2D eigenvalue weighted by molar-refractivity contribution is 0.0932. The van der Waals surface area contributed by atoms with E-state index in [9.17, 15) is 4.79 Å². The van der Waals surface area contributed by atoms with Crippen molar-refractivity contribution in [3.63, 3.8) is 0 Å². The number of aromatic nitrogens is 1. The maximum absolute atomic E-state index is 12.9. The molecule has 6 nitrogen and oxygen atoms in total. The number of nitrogens with one attached hydrogen (secondary N) is 1. The summed E-state index contributed by atoms with van der Waals surface area (Å²) in [6.07, 6.45) is 1.57. The average Bonchev–Trinajstić information content (AvgIpc) is 3.29. The Morgan fingerprint density at radius 2 is 1.96 bits per heavy atom. The molecule has 1 N–H and O–H groups in total. The number of hydrogen-bond acceptors (Lipinski definition) is 5. The van der Waals surface area contributed by atoms with Crippen molar-refractivity contribution in [2.45, 2.75) is 32.7 Å². The molecule has 0 spiro atoms. The summed E-state index contributed by atoms with van der Waals surface area (Å²) in [6.45, 7) is 5.67. The number of carbonyl (C=O) groups is 1. The van der Waals surface area contributed by atoms with E-state index in [1.807, 2.05) is 44.2 Å². The molecule has 2 aromatic heterocycles. The zero-order valence-corrected chi connectivity index (χ0v) is 15.3. The molecule has 0 fully saturated rings. The van der Waals surface area contributed by atoms with E-state index in [-0.39, 0.29) is 17.5 Å². The van der Waals surface area contributed by atoms with Gasteiger partial charge in [-0.1, -0.05) is 32.0 Å².